The van der Waals surface area contributed by atoms with Crippen molar-refractivity contribution in [3.8, 4) is 0 Å². The maximum Gasteiger partial charge on any atom is 0.329 e. The van der Waals surface area contributed by atoms with Crippen molar-refractivity contribution >= 4 is 11.9 Å². The molecule has 2 rings (SSSR count). The van der Waals surface area contributed by atoms with Gasteiger partial charge in [0, 0.05) is 26.2 Å². The van der Waals surface area contributed by atoms with Crippen molar-refractivity contribution in [2.45, 2.75) is 13.5 Å². The summed E-state index contributed by atoms with van der Waals surface area (Å²) in [4.78, 5) is 16.9. The van der Waals surface area contributed by atoms with Gasteiger partial charge in [0.15, 0.2) is 6.54 Å². The Morgan fingerprint density at radius 2 is 2.06 bits per heavy atom. The monoisotopic (exact) mass is 254 g/mol. The fourth-order valence-corrected chi connectivity index (χ4v) is 1.76. The number of hydrogen-bond donors (Lipinski definition) is 0. The maximum atomic E-state index is 11.3. The summed E-state index contributed by atoms with van der Waals surface area (Å²) in [6.45, 7) is 5.85. The average Bonchev–Trinajstić information content (AvgIpc) is 2.78. The van der Waals surface area contributed by atoms with Crippen LogP contribution in [0.15, 0.2) is 0 Å². The zero-order chi connectivity index (χ0) is 13.0. The Labute approximate surface area is 105 Å². The van der Waals surface area contributed by atoms with E-state index >= 15 is 0 Å². The van der Waals surface area contributed by atoms with Crippen LogP contribution in [0.25, 0.3) is 0 Å². The van der Waals surface area contributed by atoms with Crippen LogP contribution in [0.4, 0.5) is 5.95 Å². The molecular formula is C10H18N6O2. The zero-order valence-electron chi connectivity index (χ0n) is 10.7. The van der Waals surface area contributed by atoms with Gasteiger partial charge in [0.2, 0.25) is 0 Å². The summed E-state index contributed by atoms with van der Waals surface area (Å²) < 4.78 is 4.83. The van der Waals surface area contributed by atoms with Gasteiger partial charge in [-0.2, -0.15) is 4.80 Å². The number of hydrogen-bond acceptors (Lipinski definition) is 7. The molecule has 8 nitrogen and oxygen atoms in total. The minimum atomic E-state index is -0.347. The molecule has 8 heteroatoms. The highest BCUT2D eigenvalue weighted by Crippen LogP contribution is 2.07. The third-order valence-corrected chi connectivity index (χ3v) is 2.80. The van der Waals surface area contributed by atoms with Crippen LogP contribution in [0.3, 0.4) is 0 Å². The summed E-state index contributed by atoms with van der Waals surface area (Å²) >= 11 is 0. The second kappa shape index (κ2) is 5.76. The number of carbonyl (C=O) groups excluding carboxylic acids is 1. The largest absolute Gasteiger partial charge is 0.465 e. The lowest BCUT2D eigenvalue weighted by atomic mass is 10.3. The van der Waals surface area contributed by atoms with Gasteiger partial charge in [-0.25, -0.2) is 4.79 Å². The van der Waals surface area contributed by atoms with Gasteiger partial charge < -0.3 is 14.5 Å². The lowest BCUT2D eigenvalue weighted by Gasteiger charge is -2.31. The summed E-state index contributed by atoms with van der Waals surface area (Å²) in [5, 5.41) is 12.0. The molecule has 0 spiro atoms. The van der Waals surface area contributed by atoms with E-state index in [0.29, 0.717) is 12.6 Å². The van der Waals surface area contributed by atoms with Crippen molar-refractivity contribution in [2.75, 3.05) is 44.7 Å². The highest BCUT2D eigenvalue weighted by atomic mass is 16.5. The Morgan fingerprint density at radius 1 is 1.33 bits per heavy atom. The van der Waals surface area contributed by atoms with Crippen LogP contribution in [0.2, 0.25) is 0 Å². The number of aromatic nitrogens is 4. The van der Waals surface area contributed by atoms with Crippen LogP contribution in [0.5, 0.6) is 0 Å². The molecular weight excluding hydrogens is 236 g/mol. The quantitative estimate of drug-likeness (QED) is 0.637. The molecule has 18 heavy (non-hydrogen) atoms. The molecule has 0 saturated carbocycles. The highest BCUT2D eigenvalue weighted by molar-refractivity contribution is 5.68. The normalized spacial score (nSPS) is 16.9. The molecule has 0 amide bonds. The lowest BCUT2D eigenvalue weighted by Crippen LogP contribution is -2.45. The summed E-state index contributed by atoms with van der Waals surface area (Å²) in [5.41, 5.74) is 0. The Hall–Kier alpha value is -1.70. The van der Waals surface area contributed by atoms with E-state index in [1.54, 1.807) is 6.92 Å². The maximum absolute atomic E-state index is 11.3. The van der Waals surface area contributed by atoms with E-state index in [1.807, 2.05) is 0 Å². The molecule has 1 fully saturated rings. The number of nitrogens with zero attached hydrogens (tertiary/aromatic N) is 6. The molecule has 100 valence electrons. The Kier molecular flexibility index (Phi) is 4.08. The van der Waals surface area contributed by atoms with E-state index in [0.717, 1.165) is 26.2 Å². The number of rotatable bonds is 4. The van der Waals surface area contributed by atoms with Crippen LogP contribution in [0, 0.1) is 0 Å². The number of carbonyl (C=O) groups is 1. The van der Waals surface area contributed by atoms with E-state index in [9.17, 15) is 4.79 Å². The Balaban J connectivity index is 1.91. The highest BCUT2D eigenvalue weighted by Gasteiger charge is 2.18. The third-order valence-electron chi connectivity index (χ3n) is 2.80. The minimum Gasteiger partial charge on any atom is -0.465 e. The Bertz CT molecular complexity index is 399. The van der Waals surface area contributed by atoms with Crippen LogP contribution < -0.4 is 4.90 Å². The molecule has 0 atom stereocenters. The molecule has 0 unspecified atom stereocenters. The zero-order valence-corrected chi connectivity index (χ0v) is 10.7. The standard InChI is InChI=1S/C10H18N6O2/c1-3-18-9(17)8-16-12-10(11-13-16)15-6-4-14(2)5-7-15/h3-8H2,1-2H3. The van der Waals surface area contributed by atoms with Gasteiger partial charge >= 0.3 is 5.97 Å². The third kappa shape index (κ3) is 3.16. The van der Waals surface area contributed by atoms with Crippen molar-refractivity contribution in [3.05, 3.63) is 0 Å². The van der Waals surface area contributed by atoms with E-state index in [2.05, 4.69) is 32.3 Å². The van der Waals surface area contributed by atoms with E-state index in [4.69, 9.17) is 4.74 Å². The van der Waals surface area contributed by atoms with Crippen LogP contribution >= 0.6 is 0 Å². The second-order valence-corrected chi connectivity index (χ2v) is 4.22. The summed E-state index contributed by atoms with van der Waals surface area (Å²) in [5.74, 6) is 0.229. The van der Waals surface area contributed by atoms with Gasteiger partial charge in [0.05, 0.1) is 6.61 Å². The van der Waals surface area contributed by atoms with Crippen molar-refractivity contribution in [2.24, 2.45) is 0 Å². The summed E-state index contributed by atoms with van der Waals surface area (Å²) in [6.07, 6.45) is 0. The van der Waals surface area contributed by atoms with Gasteiger partial charge in [-0.1, -0.05) is 5.10 Å². The molecule has 1 aromatic rings. The Morgan fingerprint density at radius 3 is 2.72 bits per heavy atom. The van der Waals surface area contributed by atoms with E-state index < -0.39 is 0 Å². The number of ether oxygens (including phenoxy) is 1. The van der Waals surface area contributed by atoms with Crippen molar-refractivity contribution < 1.29 is 9.53 Å². The SMILES string of the molecule is CCOC(=O)Cn1nnc(N2CCN(C)CC2)n1. The number of esters is 1. The minimum absolute atomic E-state index is 0.00851. The van der Waals surface area contributed by atoms with Crippen molar-refractivity contribution in [3.63, 3.8) is 0 Å². The predicted molar refractivity (Wildman–Crippen MR) is 64.2 cm³/mol. The molecule has 0 aliphatic carbocycles. The van der Waals surface area contributed by atoms with Gasteiger partial charge in [-0.15, -0.1) is 5.10 Å². The molecule has 0 N–H and O–H groups in total. The van der Waals surface area contributed by atoms with E-state index in [-0.39, 0.29) is 12.5 Å². The van der Waals surface area contributed by atoms with Crippen molar-refractivity contribution in [1.29, 1.82) is 0 Å². The first-order chi connectivity index (χ1) is 8.69. The molecule has 0 aromatic carbocycles. The molecule has 1 aliphatic rings. The first kappa shape index (κ1) is 12.7. The van der Waals surface area contributed by atoms with Crippen LogP contribution in [-0.4, -0.2) is 70.9 Å². The topological polar surface area (TPSA) is 76.4 Å². The smallest absolute Gasteiger partial charge is 0.329 e. The average molecular weight is 254 g/mol. The molecule has 2 heterocycles. The van der Waals surface area contributed by atoms with Gasteiger partial charge in [-0.05, 0) is 19.2 Å². The fourth-order valence-electron chi connectivity index (χ4n) is 1.76. The number of tetrazole rings is 1. The summed E-state index contributed by atoms with van der Waals surface area (Å²) in [7, 11) is 2.09. The lowest BCUT2D eigenvalue weighted by molar-refractivity contribution is -0.144. The first-order valence-electron chi connectivity index (χ1n) is 6.06. The molecule has 0 radical (unpaired) electrons. The van der Waals surface area contributed by atoms with E-state index in [1.165, 1.54) is 4.80 Å². The number of piperazine rings is 1. The molecule has 0 bridgehead atoms. The predicted octanol–water partition coefficient (Wildman–Crippen LogP) is -1.01. The molecule has 1 aromatic heterocycles. The van der Waals surface area contributed by atoms with Crippen LogP contribution in [0.1, 0.15) is 6.92 Å². The van der Waals surface area contributed by atoms with Gasteiger partial charge in [0.1, 0.15) is 0 Å². The number of anilines is 1. The molecule has 1 aliphatic heterocycles. The van der Waals surface area contributed by atoms with Gasteiger partial charge in [0.25, 0.3) is 5.95 Å². The van der Waals surface area contributed by atoms with Crippen LogP contribution in [-0.2, 0) is 16.1 Å². The molecule has 1 saturated heterocycles. The van der Waals surface area contributed by atoms with Gasteiger partial charge in [-0.3, -0.25) is 0 Å². The summed E-state index contributed by atoms with van der Waals surface area (Å²) in [6, 6.07) is 0. The second-order valence-electron chi connectivity index (χ2n) is 4.22. The van der Waals surface area contributed by atoms with Crippen molar-refractivity contribution in [1.82, 2.24) is 25.1 Å². The first-order valence-corrected chi connectivity index (χ1v) is 6.06. The fraction of sp³-hybridized carbons (Fsp3) is 0.800. The number of likely N-dealkylation sites (N-methyl/N-ethyl adjacent to an activating group) is 1.